The molecule has 2 saturated heterocycles. The van der Waals surface area contributed by atoms with Crippen LogP contribution in [0, 0.1) is 6.92 Å². The van der Waals surface area contributed by atoms with Crippen molar-refractivity contribution < 1.29 is 9.53 Å². The standard InChI is InChI=1S/C19H23N3O2S/c1-13-4-6-14(7-5-13)19-21-17(12-25-19)18(23)20-9-16-10-22-8-2-3-15(22)11-24-16/h4-7,12,15-16H,2-3,8-11H2,1H3,(H,20,23). The van der Waals surface area contributed by atoms with Gasteiger partial charge in [-0.05, 0) is 26.3 Å². The zero-order valence-corrected chi connectivity index (χ0v) is 15.2. The van der Waals surface area contributed by atoms with Crippen molar-refractivity contribution in [2.24, 2.45) is 0 Å². The van der Waals surface area contributed by atoms with Crippen LogP contribution in [0.5, 0.6) is 0 Å². The minimum Gasteiger partial charge on any atom is -0.373 e. The van der Waals surface area contributed by atoms with Crippen molar-refractivity contribution in [2.75, 3.05) is 26.2 Å². The molecule has 5 nitrogen and oxygen atoms in total. The first-order chi connectivity index (χ1) is 12.2. The first-order valence-corrected chi connectivity index (χ1v) is 9.73. The van der Waals surface area contributed by atoms with Gasteiger partial charge in [0.05, 0.1) is 12.7 Å². The molecule has 2 atom stereocenters. The average molecular weight is 357 g/mol. The number of amides is 1. The Hall–Kier alpha value is -1.76. The molecule has 2 fully saturated rings. The molecule has 3 heterocycles. The van der Waals surface area contributed by atoms with Crippen LogP contribution in [0.15, 0.2) is 29.6 Å². The predicted octanol–water partition coefficient (Wildman–Crippen LogP) is 2.71. The zero-order valence-electron chi connectivity index (χ0n) is 14.4. The van der Waals surface area contributed by atoms with Gasteiger partial charge in [0, 0.05) is 30.1 Å². The largest absolute Gasteiger partial charge is 0.373 e. The number of thiazole rings is 1. The van der Waals surface area contributed by atoms with E-state index in [4.69, 9.17) is 4.74 Å². The Labute approximate surface area is 152 Å². The number of hydrogen-bond donors (Lipinski definition) is 1. The van der Waals surface area contributed by atoms with Gasteiger partial charge in [-0.2, -0.15) is 0 Å². The fourth-order valence-corrected chi connectivity index (χ4v) is 4.32. The lowest BCUT2D eigenvalue weighted by molar-refractivity contribution is -0.0462. The van der Waals surface area contributed by atoms with Crippen LogP contribution in [0.3, 0.4) is 0 Å². The summed E-state index contributed by atoms with van der Waals surface area (Å²) in [5, 5.41) is 5.67. The minimum atomic E-state index is -0.123. The zero-order chi connectivity index (χ0) is 17.2. The van der Waals surface area contributed by atoms with Gasteiger partial charge in [0.2, 0.25) is 0 Å². The van der Waals surface area contributed by atoms with Gasteiger partial charge in [0.1, 0.15) is 10.7 Å². The molecule has 0 saturated carbocycles. The van der Waals surface area contributed by atoms with Crippen LogP contribution in [-0.2, 0) is 4.74 Å². The minimum absolute atomic E-state index is 0.0773. The molecule has 132 valence electrons. The van der Waals surface area contributed by atoms with E-state index in [1.165, 1.54) is 29.7 Å². The molecule has 1 aromatic heterocycles. The molecule has 0 bridgehead atoms. The predicted molar refractivity (Wildman–Crippen MR) is 99.0 cm³/mol. The molecule has 6 heteroatoms. The SMILES string of the molecule is Cc1ccc(-c2nc(C(=O)NCC3CN4CCCC4CO3)cs2)cc1. The smallest absolute Gasteiger partial charge is 0.270 e. The van der Waals surface area contributed by atoms with E-state index >= 15 is 0 Å². The maximum atomic E-state index is 12.4. The Kier molecular flexibility index (Phi) is 4.83. The molecule has 4 rings (SSSR count). The summed E-state index contributed by atoms with van der Waals surface area (Å²) in [6.45, 7) is 5.46. The Balaban J connectivity index is 1.33. The lowest BCUT2D eigenvalue weighted by Crippen LogP contribution is -2.50. The quantitative estimate of drug-likeness (QED) is 0.914. The third-order valence-corrected chi connectivity index (χ3v) is 5.88. The third kappa shape index (κ3) is 3.76. The van der Waals surface area contributed by atoms with E-state index in [-0.39, 0.29) is 12.0 Å². The van der Waals surface area contributed by atoms with E-state index in [0.717, 1.165) is 30.3 Å². The molecule has 2 aliphatic rings. The first-order valence-electron chi connectivity index (χ1n) is 8.85. The van der Waals surface area contributed by atoms with Gasteiger partial charge in [-0.15, -0.1) is 11.3 Å². The number of aromatic nitrogens is 1. The van der Waals surface area contributed by atoms with Crippen LogP contribution < -0.4 is 5.32 Å². The number of nitrogens with zero attached hydrogens (tertiary/aromatic N) is 2. The van der Waals surface area contributed by atoms with Crippen molar-refractivity contribution in [3.05, 3.63) is 40.9 Å². The van der Waals surface area contributed by atoms with Gasteiger partial charge in [-0.1, -0.05) is 29.8 Å². The molecule has 1 aromatic carbocycles. The highest BCUT2D eigenvalue weighted by molar-refractivity contribution is 7.13. The average Bonchev–Trinajstić information content (AvgIpc) is 3.29. The third-order valence-electron chi connectivity index (χ3n) is 4.99. The molecule has 1 N–H and O–H groups in total. The number of rotatable bonds is 4. The van der Waals surface area contributed by atoms with Crippen molar-refractivity contribution in [3.8, 4) is 10.6 Å². The maximum absolute atomic E-state index is 12.4. The summed E-state index contributed by atoms with van der Waals surface area (Å²) >= 11 is 1.50. The van der Waals surface area contributed by atoms with Gasteiger partial charge in [0.25, 0.3) is 5.91 Å². The number of fused-ring (bicyclic) bond motifs is 1. The Morgan fingerprint density at radius 3 is 3.08 bits per heavy atom. The Morgan fingerprint density at radius 2 is 2.24 bits per heavy atom. The monoisotopic (exact) mass is 357 g/mol. The van der Waals surface area contributed by atoms with Crippen molar-refractivity contribution in [2.45, 2.75) is 31.9 Å². The van der Waals surface area contributed by atoms with Crippen LogP contribution in [-0.4, -0.2) is 54.2 Å². The summed E-state index contributed by atoms with van der Waals surface area (Å²) < 4.78 is 5.89. The molecule has 2 aromatic rings. The second-order valence-corrected chi connectivity index (χ2v) is 7.72. The summed E-state index contributed by atoms with van der Waals surface area (Å²) in [4.78, 5) is 19.3. The second kappa shape index (κ2) is 7.23. The number of benzene rings is 1. The Bertz CT molecular complexity index is 743. The second-order valence-electron chi connectivity index (χ2n) is 6.86. The summed E-state index contributed by atoms with van der Waals surface area (Å²) in [7, 11) is 0. The van der Waals surface area contributed by atoms with E-state index in [1.54, 1.807) is 0 Å². The fraction of sp³-hybridized carbons (Fsp3) is 0.474. The maximum Gasteiger partial charge on any atom is 0.270 e. The van der Waals surface area contributed by atoms with Gasteiger partial charge >= 0.3 is 0 Å². The summed E-state index contributed by atoms with van der Waals surface area (Å²) in [6.07, 6.45) is 2.57. The molecule has 1 amide bonds. The van der Waals surface area contributed by atoms with E-state index in [1.807, 2.05) is 17.5 Å². The molecule has 2 unspecified atom stereocenters. The van der Waals surface area contributed by atoms with Crippen molar-refractivity contribution in [1.29, 1.82) is 0 Å². The molecule has 2 aliphatic heterocycles. The molecule has 0 spiro atoms. The highest BCUT2D eigenvalue weighted by Gasteiger charge is 2.32. The molecule has 25 heavy (non-hydrogen) atoms. The van der Waals surface area contributed by atoms with Crippen molar-refractivity contribution in [3.63, 3.8) is 0 Å². The summed E-state index contributed by atoms with van der Waals surface area (Å²) in [5.41, 5.74) is 2.74. The van der Waals surface area contributed by atoms with Gasteiger partial charge in [-0.25, -0.2) is 4.98 Å². The van der Waals surface area contributed by atoms with Crippen LogP contribution >= 0.6 is 11.3 Å². The first kappa shape index (κ1) is 16.7. The van der Waals surface area contributed by atoms with Crippen LogP contribution in [0.4, 0.5) is 0 Å². The van der Waals surface area contributed by atoms with Crippen LogP contribution in [0.25, 0.3) is 10.6 Å². The molecule has 0 radical (unpaired) electrons. The number of nitrogens with one attached hydrogen (secondary N) is 1. The van der Waals surface area contributed by atoms with Crippen LogP contribution in [0.1, 0.15) is 28.9 Å². The summed E-state index contributed by atoms with van der Waals surface area (Å²) in [6, 6.07) is 8.78. The van der Waals surface area contributed by atoms with Crippen molar-refractivity contribution >= 4 is 17.2 Å². The van der Waals surface area contributed by atoms with E-state index < -0.39 is 0 Å². The number of morpholine rings is 1. The lowest BCUT2D eigenvalue weighted by Gasteiger charge is -2.35. The van der Waals surface area contributed by atoms with E-state index in [0.29, 0.717) is 18.3 Å². The fourth-order valence-electron chi connectivity index (χ4n) is 3.51. The van der Waals surface area contributed by atoms with E-state index in [2.05, 4.69) is 34.3 Å². The lowest BCUT2D eigenvalue weighted by atomic mass is 10.2. The number of carbonyl (C=O) groups excluding carboxylic acids is 1. The van der Waals surface area contributed by atoms with Gasteiger partial charge < -0.3 is 10.1 Å². The van der Waals surface area contributed by atoms with Gasteiger partial charge in [0.15, 0.2) is 0 Å². The molecular formula is C19H23N3O2S. The number of carbonyl (C=O) groups is 1. The molecule has 0 aliphatic carbocycles. The summed E-state index contributed by atoms with van der Waals surface area (Å²) in [5.74, 6) is -0.123. The number of ether oxygens (including phenoxy) is 1. The molecular weight excluding hydrogens is 334 g/mol. The van der Waals surface area contributed by atoms with Crippen molar-refractivity contribution in [1.82, 2.24) is 15.2 Å². The topological polar surface area (TPSA) is 54.5 Å². The Morgan fingerprint density at radius 1 is 1.40 bits per heavy atom. The normalized spacial score (nSPS) is 23.4. The highest BCUT2D eigenvalue weighted by Crippen LogP contribution is 2.24. The number of aryl methyl sites for hydroxylation is 1. The van der Waals surface area contributed by atoms with Crippen LogP contribution in [0.2, 0.25) is 0 Å². The van der Waals surface area contributed by atoms with Gasteiger partial charge in [-0.3, -0.25) is 9.69 Å². The number of hydrogen-bond acceptors (Lipinski definition) is 5. The van der Waals surface area contributed by atoms with E-state index in [9.17, 15) is 4.79 Å². The highest BCUT2D eigenvalue weighted by atomic mass is 32.1.